The van der Waals surface area contributed by atoms with Crippen LogP contribution < -0.4 is 19.1 Å². The first-order valence-corrected chi connectivity index (χ1v) is 10.8. The third-order valence-electron chi connectivity index (χ3n) is 3.60. The summed E-state index contributed by atoms with van der Waals surface area (Å²) >= 11 is 11.8. The summed E-state index contributed by atoms with van der Waals surface area (Å²) in [4.78, 5) is 12.2. The van der Waals surface area contributed by atoms with Crippen molar-refractivity contribution in [1.29, 1.82) is 0 Å². The van der Waals surface area contributed by atoms with Crippen molar-refractivity contribution < 1.29 is 22.7 Å². The standard InChI is InChI=1S/C18H20Cl2N2O5S/c1-26-17-8-5-14(20)11-16(17)22(28(2,24)25)12-18(23)21-9-10-27-15-6-3-13(19)4-7-15/h3-8,11H,9-10,12H2,1-2H3,(H,21,23). The summed E-state index contributed by atoms with van der Waals surface area (Å²) in [6.07, 6.45) is 1.00. The van der Waals surface area contributed by atoms with E-state index in [0.29, 0.717) is 15.8 Å². The molecule has 0 unspecified atom stereocenters. The number of amides is 1. The highest BCUT2D eigenvalue weighted by Gasteiger charge is 2.24. The molecular formula is C18H20Cl2N2O5S. The number of ether oxygens (including phenoxy) is 2. The highest BCUT2D eigenvalue weighted by atomic mass is 35.5. The maximum atomic E-state index is 12.2. The molecule has 0 spiro atoms. The van der Waals surface area contributed by atoms with Crippen LogP contribution in [0, 0.1) is 0 Å². The molecule has 0 saturated heterocycles. The van der Waals surface area contributed by atoms with Gasteiger partial charge in [0, 0.05) is 10.0 Å². The molecule has 0 fully saturated rings. The fraction of sp³-hybridized carbons (Fsp3) is 0.278. The third-order valence-corrected chi connectivity index (χ3v) is 5.22. The Balaban J connectivity index is 1.98. The molecule has 152 valence electrons. The maximum Gasteiger partial charge on any atom is 0.240 e. The lowest BCUT2D eigenvalue weighted by molar-refractivity contribution is -0.119. The predicted octanol–water partition coefficient (Wildman–Crippen LogP) is 2.96. The van der Waals surface area contributed by atoms with Crippen molar-refractivity contribution in [1.82, 2.24) is 5.32 Å². The maximum absolute atomic E-state index is 12.2. The summed E-state index contributed by atoms with van der Waals surface area (Å²) in [5.41, 5.74) is 0.185. The molecule has 28 heavy (non-hydrogen) atoms. The molecule has 2 rings (SSSR count). The Morgan fingerprint density at radius 1 is 1.11 bits per heavy atom. The zero-order chi connectivity index (χ0) is 20.7. The SMILES string of the molecule is COc1ccc(Cl)cc1N(CC(=O)NCCOc1ccc(Cl)cc1)S(C)(=O)=O. The van der Waals surface area contributed by atoms with Gasteiger partial charge in [0.25, 0.3) is 0 Å². The quantitative estimate of drug-likeness (QED) is 0.598. The van der Waals surface area contributed by atoms with Crippen LogP contribution in [0.25, 0.3) is 0 Å². The molecule has 0 atom stereocenters. The van der Waals surface area contributed by atoms with Crippen molar-refractivity contribution >= 4 is 44.8 Å². The number of carbonyl (C=O) groups excluding carboxylic acids is 1. The normalized spacial score (nSPS) is 11.0. The minimum absolute atomic E-state index is 0.185. The predicted molar refractivity (Wildman–Crippen MR) is 110 cm³/mol. The molecule has 2 aromatic carbocycles. The van der Waals surface area contributed by atoms with Crippen LogP contribution in [-0.2, 0) is 14.8 Å². The molecule has 0 radical (unpaired) electrons. The minimum atomic E-state index is -3.75. The summed E-state index contributed by atoms with van der Waals surface area (Å²) in [5, 5.41) is 3.53. The fourth-order valence-corrected chi connectivity index (χ4v) is 3.46. The van der Waals surface area contributed by atoms with Crippen LogP contribution in [0.1, 0.15) is 0 Å². The van der Waals surface area contributed by atoms with Crippen LogP contribution in [0.2, 0.25) is 10.0 Å². The molecule has 1 N–H and O–H groups in total. The number of sulfonamides is 1. The second-order valence-electron chi connectivity index (χ2n) is 5.74. The number of nitrogens with one attached hydrogen (secondary N) is 1. The third kappa shape index (κ3) is 6.47. The van der Waals surface area contributed by atoms with E-state index in [9.17, 15) is 13.2 Å². The highest BCUT2D eigenvalue weighted by Crippen LogP contribution is 2.32. The number of carbonyl (C=O) groups is 1. The Kier molecular flexibility index (Phi) is 7.79. The average Bonchev–Trinajstić information content (AvgIpc) is 2.64. The average molecular weight is 447 g/mol. The molecule has 7 nitrogen and oxygen atoms in total. The topological polar surface area (TPSA) is 84.9 Å². The van der Waals surface area contributed by atoms with Crippen LogP contribution in [0.5, 0.6) is 11.5 Å². The monoisotopic (exact) mass is 446 g/mol. The van der Waals surface area contributed by atoms with E-state index in [1.165, 1.54) is 19.2 Å². The van der Waals surface area contributed by atoms with E-state index in [0.717, 1.165) is 10.6 Å². The van der Waals surface area contributed by atoms with E-state index in [4.69, 9.17) is 32.7 Å². The lowest BCUT2D eigenvalue weighted by atomic mass is 10.3. The van der Waals surface area contributed by atoms with E-state index < -0.39 is 22.5 Å². The summed E-state index contributed by atoms with van der Waals surface area (Å²) in [5.74, 6) is 0.404. The first kappa shape index (κ1) is 22.1. The zero-order valence-electron chi connectivity index (χ0n) is 15.3. The van der Waals surface area contributed by atoms with Gasteiger partial charge >= 0.3 is 0 Å². The van der Waals surface area contributed by atoms with Gasteiger partial charge in [-0.1, -0.05) is 23.2 Å². The molecular weight excluding hydrogens is 427 g/mol. The Bertz CT molecular complexity index is 920. The fourth-order valence-electron chi connectivity index (χ4n) is 2.32. The minimum Gasteiger partial charge on any atom is -0.495 e. The number of hydrogen-bond acceptors (Lipinski definition) is 5. The molecule has 0 aliphatic carbocycles. The van der Waals surface area contributed by atoms with E-state index in [1.54, 1.807) is 30.3 Å². The van der Waals surface area contributed by atoms with Gasteiger partial charge in [-0.05, 0) is 42.5 Å². The summed E-state index contributed by atoms with van der Waals surface area (Å²) in [6.45, 7) is -0.00500. The number of methoxy groups -OCH3 is 1. The lowest BCUT2D eigenvalue weighted by Crippen LogP contribution is -2.41. The van der Waals surface area contributed by atoms with Crippen molar-refractivity contribution in [2.24, 2.45) is 0 Å². The molecule has 10 heteroatoms. The summed E-state index contributed by atoms with van der Waals surface area (Å²) in [7, 11) is -2.35. The van der Waals surface area contributed by atoms with Crippen molar-refractivity contribution in [3.8, 4) is 11.5 Å². The largest absolute Gasteiger partial charge is 0.495 e. The lowest BCUT2D eigenvalue weighted by Gasteiger charge is -2.24. The van der Waals surface area contributed by atoms with Crippen LogP contribution in [0.4, 0.5) is 5.69 Å². The van der Waals surface area contributed by atoms with Crippen LogP contribution in [-0.4, -0.2) is 47.4 Å². The van der Waals surface area contributed by atoms with Crippen LogP contribution in [0.15, 0.2) is 42.5 Å². The summed E-state index contributed by atoms with van der Waals surface area (Å²) in [6, 6.07) is 11.3. The number of halogens is 2. The number of hydrogen-bond donors (Lipinski definition) is 1. The first-order valence-electron chi connectivity index (χ1n) is 8.17. The Morgan fingerprint density at radius 3 is 2.36 bits per heavy atom. The molecule has 0 aliphatic rings. The van der Waals surface area contributed by atoms with Gasteiger partial charge in [-0.15, -0.1) is 0 Å². The molecule has 2 aromatic rings. The molecule has 0 bridgehead atoms. The van der Waals surface area contributed by atoms with E-state index in [-0.39, 0.29) is 24.6 Å². The molecule has 1 amide bonds. The molecule has 0 saturated carbocycles. The molecule has 0 heterocycles. The Hall–Kier alpha value is -2.16. The van der Waals surface area contributed by atoms with Gasteiger partial charge in [0.2, 0.25) is 15.9 Å². The highest BCUT2D eigenvalue weighted by molar-refractivity contribution is 7.92. The van der Waals surface area contributed by atoms with Gasteiger partial charge in [-0.25, -0.2) is 8.42 Å². The zero-order valence-corrected chi connectivity index (χ0v) is 17.6. The van der Waals surface area contributed by atoms with E-state index in [2.05, 4.69) is 5.32 Å². The van der Waals surface area contributed by atoms with Gasteiger partial charge < -0.3 is 14.8 Å². The van der Waals surface area contributed by atoms with Crippen LogP contribution in [0.3, 0.4) is 0 Å². The van der Waals surface area contributed by atoms with Gasteiger partial charge in [0.15, 0.2) is 0 Å². The van der Waals surface area contributed by atoms with Gasteiger partial charge in [-0.2, -0.15) is 0 Å². The molecule has 0 aliphatic heterocycles. The van der Waals surface area contributed by atoms with Gasteiger partial charge in [0.1, 0.15) is 24.7 Å². The van der Waals surface area contributed by atoms with Crippen molar-refractivity contribution in [2.75, 3.05) is 37.4 Å². The van der Waals surface area contributed by atoms with E-state index in [1.807, 2.05) is 0 Å². The van der Waals surface area contributed by atoms with Gasteiger partial charge in [0.05, 0.1) is 25.6 Å². The van der Waals surface area contributed by atoms with E-state index >= 15 is 0 Å². The Morgan fingerprint density at radius 2 is 1.75 bits per heavy atom. The second kappa shape index (κ2) is 9.86. The first-order chi connectivity index (χ1) is 13.2. The van der Waals surface area contributed by atoms with Crippen LogP contribution >= 0.6 is 23.2 Å². The smallest absolute Gasteiger partial charge is 0.240 e. The molecule has 0 aromatic heterocycles. The number of rotatable bonds is 9. The summed E-state index contributed by atoms with van der Waals surface area (Å²) < 4.78 is 36.0. The number of benzene rings is 2. The van der Waals surface area contributed by atoms with Gasteiger partial charge in [-0.3, -0.25) is 9.10 Å². The van der Waals surface area contributed by atoms with Crippen molar-refractivity contribution in [2.45, 2.75) is 0 Å². The van der Waals surface area contributed by atoms with Crippen molar-refractivity contribution in [3.63, 3.8) is 0 Å². The second-order valence-corrected chi connectivity index (χ2v) is 8.52. The number of anilines is 1. The Labute approximate surface area is 174 Å². The number of nitrogens with zero attached hydrogens (tertiary/aromatic N) is 1. The van der Waals surface area contributed by atoms with Crippen molar-refractivity contribution in [3.05, 3.63) is 52.5 Å².